The molecule has 184 valence electrons. The third-order valence-corrected chi connectivity index (χ3v) is 6.36. The smallest absolute Gasteiger partial charge is 0.226 e. The molecule has 1 fully saturated rings. The fourth-order valence-electron chi connectivity index (χ4n) is 4.12. The van der Waals surface area contributed by atoms with E-state index < -0.39 is 0 Å². The monoisotopic (exact) mass is 468 g/mol. The first-order chi connectivity index (χ1) is 16.5. The topological polar surface area (TPSA) is 108 Å². The van der Waals surface area contributed by atoms with E-state index in [0.717, 1.165) is 68.2 Å². The molecule has 1 aliphatic carbocycles. The Kier molecular flexibility index (Phi) is 11.8. The summed E-state index contributed by atoms with van der Waals surface area (Å²) in [5.74, 6) is 6.09. The van der Waals surface area contributed by atoms with Crippen molar-refractivity contribution in [2.45, 2.75) is 83.5 Å². The molecule has 0 aliphatic heterocycles. The summed E-state index contributed by atoms with van der Waals surface area (Å²) in [7, 11) is 0. The molecule has 0 saturated heterocycles. The summed E-state index contributed by atoms with van der Waals surface area (Å²) in [6.45, 7) is 5.15. The lowest BCUT2D eigenvalue weighted by atomic mass is 9.91. The van der Waals surface area contributed by atoms with Crippen molar-refractivity contribution in [1.82, 2.24) is 20.9 Å². The highest BCUT2D eigenvalue weighted by molar-refractivity contribution is 5.85. The molecule has 1 atom stereocenters. The van der Waals surface area contributed by atoms with Crippen LogP contribution >= 0.6 is 0 Å². The number of aryl methyl sites for hydroxylation is 1. The zero-order chi connectivity index (χ0) is 24.8. The molecule has 8 nitrogen and oxygen atoms in total. The van der Waals surface area contributed by atoms with Crippen molar-refractivity contribution in [3.8, 4) is 11.8 Å². The first-order valence-corrected chi connectivity index (χ1v) is 11.9. The predicted octanol–water partition coefficient (Wildman–Crippen LogP) is 1.78. The van der Waals surface area contributed by atoms with Crippen LogP contribution in [0.25, 0.3) is 0 Å². The van der Waals surface area contributed by atoms with E-state index >= 15 is 0 Å². The van der Waals surface area contributed by atoms with Gasteiger partial charge in [-0.1, -0.05) is 17.9 Å². The van der Waals surface area contributed by atoms with Gasteiger partial charge in [0, 0.05) is 49.6 Å². The minimum atomic E-state index is -0.349. The number of carbonyl (C=O) groups excluding carboxylic acids is 4. The van der Waals surface area contributed by atoms with Crippen molar-refractivity contribution in [1.29, 1.82) is 0 Å². The minimum absolute atomic E-state index is 0.139. The van der Waals surface area contributed by atoms with E-state index in [-0.39, 0.29) is 18.4 Å². The van der Waals surface area contributed by atoms with Gasteiger partial charge in [-0.25, -0.2) is 0 Å². The summed E-state index contributed by atoms with van der Waals surface area (Å²) < 4.78 is 0. The third kappa shape index (κ3) is 9.36. The van der Waals surface area contributed by atoms with Gasteiger partial charge < -0.3 is 15.5 Å². The van der Waals surface area contributed by atoms with Crippen LogP contribution in [0.5, 0.6) is 0 Å². The van der Waals surface area contributed by atoms with Gasteiger partial charge >= 0.3 is 0 Å². The average molecular weight is 469 g/mol. The molecule has 0 heterocycles. The lowest BCUT2D eigenvalue weighted by molar-refractivity contribution is -0.126. The summed E-state index contributed by atoms with van der Waals surface area (Å²) in [5.41, 5.74) is 3.00. The Morgan fingerprint density at radius 1 is 1.15 bits per heavy atom. The van der Waals surface area contributed by atoms with Gasteiger partial charge in [-0.05, 0) is 69.2 Å². The largest absolute Gasteiger partial charge is 0.356 e. The van der Waals surface area contributed by atoms with E-state index in [1.165, 1.54) is 0 Å². The van der Waals surface area contributed by atoms with Crippen molar-refractivity contribution in [2.24, 2.45) is 0 Å². The van der Waals surface area contributed by atoms with Crippen LogP contribution in [0, 0.1) is 18.8 Å². The van der Waals surface area contributed by atoms with Crippen molar-refractivity contribution in [3.05, 3.63) is 34.9 Å². The van der Waals surface area contributed by atoms with Gasteiger partial charge in [0.15, 0.2) is 0 Å². The fraction of sp³-hybridized carbons (Fsp3) is 0.538. The van der Waals surface area contributed by atoms with Gasteiger partial charge in [-0.15, -0.1) is 0 Å². The molecule has 1 aromatic carbocycles. The SMILES string of the molecule is Cc1ccc(C#CCCNC2CCC(NC=O)CC2)cc1CN(C=O)C(C)CCC(=O)NC=O. The molecule has 8 heteroatoms. The highest BCUT2D eigenvalue weighted by Crippen LogP contribution is 2.18. The Morgan fingerprint density at radius 3 is 2.56 bits per heavy atom. The minimum Gasteiger partial charge on any atom is -0.356 e. The van der Waals surface area contributed by atoms with Crippen molar-refractivity contribution in [3.63, 3.8) is 0 Å². The van der Waals surface area contributed by atoms with Gasteiger partial charge in [0.1, 0.15) is 0 Å². The Labute approximate surface area is 202 Å². The normalized spacial score (nSPS) is 18.1. The summed E-state index contributed by atoms with van der Waals surface area (Å²) in [6.07, 6.45) is 7.51. The van der Waals surface area contributed by atoms with Gasteiger partial charge in [-0.2, -0.15) is 0 Å². The van der Waals surface area contributed by atoms with Crippen LogP contribution in [0.15, 0.2) is 18.2 Å². The van der Waals surface area contributed by atoms with E-state index in [9.17, 15) is 19.2 Å². The molecule has 1 aliphatic rings. The molecule has 4 amide bonds. The molecule has 1 aromatic rings. The number of imide groups is 1. The van der Waals surface area contributed by atoms with E-state index in [1.54, 1.807) is 4.90 Å². The highest BCUT2D eigenvalue weighted by Gasteiger charge is 2.19. The van der Waals surface area contributed by atoms with Crippen LogP contribution in [0.3, 0.4) is 0 Å². The van der Waals surface area contributed by atoms with E-state index in [2.05, 4.69) is 27.8 Å². The maximum Gasteiger partial charge on any atom is 0.226 e. The highest BCUT2D eigenvalue weighted by atomic mass is 16.2. The molecular formula is C26H36N4O4. The van der Waals surface area contributed by atoms with E-state index in [1.807, 2.05) is 32.0 Å². The number of amides is 4. The lowest BCUT2D eigenvalue weighted by Crippen LogP contribution is -2.39. The van der Waals surface area contributed by atoms with Crippen LogP contribution in [-0.4, -0.2) is 54.7 Å². The number of hydrogen-bond donors (Lipinski definition) is 3. The second-order valence-electron chi connectivity index (χ2n) is 8.83. The molecular weight excluding hydrogens is 432 g/mol. The lowest BCUT2D eigenvalue weighted by Gasteiger charge is -2.28. The maximum atomic E-state index is 11.7. The van der Waals surface area contributed by atoms with E-state index in [0.29, 0.717) is 31.5 Å². The molecule has 0 bridgehead atoms. The van der Waals surface area contributed by atoms with Crippen LogP contribution in [0.2, 0.25) is 0 Å². The number of nitrogens with one attached hydrogen (secondary N) is 3. The Morgan fingerprint density at radius 2 is 1.88 bits per heavy atom. The summed E-state index contributed by atoms with van der Waals surface area (Å²) >= 11 is 0. The molecule has 0 aromatic heterocycles. The Hall–Kier alpha value is -3.18. The summed E-state index contributed by atoms with van der Waals surface area (Å²) in [4.78, 5) is 45.7. The second kappa shape index (κ2) is 14.9. The molecule has 0 radical (unpaired) electrons. The van der Waals surface area contributed by atoms with E-state index in [4.69, 9.17) is 0 Å². The quantitative estimate of drug-likeness (QED) is 0.232. The number of benzene rings is 1. The second-order valence-corrected chi connectivity index (χ2v) is 8.83. The average Bonchev–Trinajstić information content (AvgIpc) is 2.83. The molecule has 3 N–H and O–H groups in total. The van der Waals surface area contributed by atoms with Crippen molar-refractivity contribution in [2.75, 3.05) is 6.54 Å². The summed E-state index contributed by atoms with van der Waals surface area (Å²) in [5, 5.41) is 8.53. The van der Waals surface area contributed by atoms with Crippen LogP contribution in [-0.2, 0) is 25.7 Å². The van der Waals surface area contributed by atoms with Crippen LogP contribution < -0.4 is 16.0 Å². The first kappa shape index (κ1) is 27.1. The zero-order valence-electron chi connectivity index (χ0n) is 20.1. The van der Waals surface area contributed by atoms with Gasteiger partial charge in [0.05, 0.1) is 0 Å². The number of rotatable bonds is 13. The van der Waals surface area contributed by atoms with Crippen molar-refractivity contribution >= 4 is 25.1 Å². The Balaban J connectivity index is 1.83. The van der Waals surface area contributed by atoms with Gasteiger partial charge in [0.25, 0.3) is 0 Å². The standard InChI is InChI=1S/C26H36N4O4/c1-20-6-8-22(5-3-4-14-27-24-9-11-25(12-10-24)28-17-31)15-23(20)16-30(19-33)21(2)7-13-26(34)29-18-32/h6,8,15,17-19,21,24-25,27H,4,7,9-14,16H2,1-2H3,(H,28,31)(H,29,32,34). The van der Waals surface area contributed by atoms with Gasteiger partial charge in [-0.3, -0.25) is 24.5 Å². The predicted molar refractivity (Wildman–Crippen MR) is 130 cm³/mol. The number of hydrogen-bond acceptors (Lipinski definition) is 5. The van der Waals surface area contributed by atoms with Crippen LogP contribution in [0.4, 0.5) is 0 Å². The maximum absolute atomic E-state index is 11.7. The summed E-state index contributed by atoms with van der Waals surface area (Å²) in [6, 6.07) is 6.66. The third-order valence-electron chi connectivity index (χ3n) is 6.36. The molecule has 2 rings (SSSR count). The molecule has 34 heavy (non-hydrogen) atoms. The molecule has 1 unspecified atom stereocenters. The fourth-order valence-corrected chi connectivity index (χ4v) is 4.12. The van der Waals surface area contributed by atoms with Gasteiger partial charge in [0.2, 0.25) is 25.1 Å². The number of nitrogens with zero attached hydrogens (tertiary/aromatic N) is 1. The zero-order valence-corrected chi connectivity index (χ0v) is 20.1. The van der Waals surface area contributed by atoms with Crippen molar-refractivity contribution < 1.29 is 19.2 Å². The first-order valence-electron chi connectivity index (χ1n) is 11.9. The number of carbonyl (C=O) groups is 4. The Bertz CT molecular complexity index is 885. The molecule has 0 spiro atoms. The van der Waals surface area contributed by atoms with Crippen LogP contribution in [0.1, 0.15) is 68.6 Å². The molecule has 1 saturated carbocycles.